The van der Waals surface area contributed by atoms with Crippen molar-refractivity contribution in [3.63, 3.8) is 0 Å². The molecule has 1 saturated heterocycles. The van der Waals surface area contributed by atoms with Gasteiger partial charge < -0.3 is 15.1 Å². The first-order chi connectivity index (χ1) is 14.0. The molecule has 3 amide bonds. The van der Waals surface area contributed by atoms with Crippen LogP contribution in [0.2, 0.25) is 0 Å². The summed E-state index contributed by atoms with van der Waals surface area (Å²) in [7, 11) is 0. The average Bonchev–Trinajstić information content (AvgIpc) is 3.19. The predicted molar refractivity (Wildman–Crippen MR) is 106 cm³/mol. The SMILES string of the molecule is C[C@H](NC(=O)CN1C(=O)[C@H]2CCCN2C(=O)c2ccc(F)cc21)c1ccccc1. The molecule has 29 heavy (non-hydrogen) atoms. The molecule has 0 radical (unpaired) electrons. The van der Waals surface area contributed by atoms with Crippen LogP contribution in [0.15, 0.2) is 48.5 Å². The van der Waals surface area contributed by atoms with Crippen LogP contribution in [0, 0.1) is 5.82 Å². The molecule has 7 heteroatoms. The van der Waals surface area contributed by atoms with Gasteiger partial charge in [0.1, 0.15) is 18.4 Å². The number of fused-ring (bicyclic) bond motifs is 2. The highest BCUT2D eigenvalue weighted by Crippen LogP contribution is 2.32. The molecule has 2 aliphatic heterocycles. The van der Waals surface area contributed by atoms with E-state index in [-0.39, 0.29) is 41.6 Å². The first kappa shape index (κ1) is 19.1. The van der Waals surface area contributed by atoms with E-state index in [9.17, 15) is 18.8 Å². The minimum absolute atomic E-state index is 0.150. The number of hydrogen-bond donors (Lipinski definition) is 1. The molecule has 0 spiro atoms. The van der Waals surface area contributed by atoms with Crippen LogP contribution in [0.1, 0.15) is 41.7 Å². The first-order valence-corrected chi connectivity index (χ1v) is 9.72. The minimum Gasteiger partial charge on any atom is -0.348 e. The molecular formula is C22H22FN3O3. The highest BCUT2D eigenvalue weighted by Gasteiger charge is 2.42. The number of halogens is 1. The summed E-state index contributed by atoms with van der Waals surface area (Å²) in [5.41, 5.74) is 1.33. The van der Waals surface area contributed by atoms with Crippen LogP contribution < -0.4 is 10.2 Å². The van der Waals surface area contributed by atoms with E-state index in [2.05, 4.69) is 5.32 Å². The highest BCUT2D eigenvalue weighted by atomic mass is 19.1. The fourth-order valence-electron chi connectivity index (χ4n) is 4.05. The Bertz CT molecular complexity index is 963. The van der Waals surface area contributed by atoms with E-state index in [0.717, 1.165) is 18.1 Å². The predicted octanol–water partition coefficient (Wildman–Crippen LogP) is 2.65. The summed E-state index contributed by atoms with van der Waals surface area (Å²) in [5.74, 6) is -1.57. The minimum atomic E-state index is -0.614. The molecule has 2 aromatic carbocycles. The summed E-state index contributed by atoms with van der Waals surface area (Å²) in [6.45, 7) is 2.06. The molecular weight excluding hydrogens is 373 g/mol. The molecule has 150 valence electrons. The maximum atomic E-state index is 14.0. The van der Waals surface area contributed by atoms with Gasteiger partial charge in [-0.1, -0.05) is 30.3 Å². The third-order valence-corrected chi connectivity index (χ3v) is 5.52. The second-order valence-electron chi connectivity index (χ2n) is 7.44. The van der Waals surface area contributed by atoms with Gasteiger partial charge in [-0.15, -0.1) is 0 Å². The molecule has 2 heterocycles. The number of carbonyl (C=O) groups is 3. The fraction of sp³-hybridized carbons (Fsp3) is 0.318. The Morgan fingerprint density at radius 1 is 1.21 bits per heavy atom. The van der Waals surface area contributed by atoms with Crippen molar-refractivity contribution in [2.75, 3.05) is 18.0 Å². The lowest BCUT2D eigenvalue weighted by molar-refractivity contribution is -0.126. The summed E-state index contributed by atoms with van der Waals surface area (Å²) in [6, 6.07) is 12.4. The van der Waals surface area contributed by atoms with Crippen molar-refractivity contribution in [1.29, 1.82) is 0 Å². The Kier molecular flexibility index (Phi) is 5.05. The Hall–Kier alpha value is -3.22. The van der Waals surface area contributed by atoms with Crippen molar-refractivity contribution in [3.05, 3.63) is 65.5 Å². The van der Waals surface area contributed by atoms with E-state index >= 15 is 0 Å². The molecule has 1 N–H and O–H groups in total. The van der Waals surface area contributed by atoms with Gasteiger partial charge in [-0.3, -0.25) is 14.4 Å². The molecule has 2 aromatic rings. The van der Waals surface area contributed by atoms with Crippen molar-refractivity contribution < 1.29 is 18.8 Å². The Morgan fingerprint density at radius 2 is 1.97 bits per heavy atom. The maximum absolute atomic E-state index is 14.0. The normalized spacial score (nSPS) is 19.4. The van der Waals surface area contributed by atoms with Gasteiger partial charge in [-0.25, -0.2) is 4.39 Å². The van der Waals surface area contributed by atoms with Crippen molar-refractivity contribution in [3.8, 4) is 0 Å². The smallest absolute Gasteiger partial charge is 0.256 e. The standard InChI is InChI=1S/C22H22FN3O3/c1-14(15-6-3-2-4-7-15)24-20(27)13-26-19-12-16(23)9-10-17(19)21(28)25-11-5-8-18(25)22(26)29/h2-4,6-7,9-10,12,14,18H,5,8,11,13H2,1H3,(H,24,27)/t14-,18+/m0/s1. The zero-order valence-electron chi connectivity index (χ0n) is 16.1. The van der Waals surface area contributed by atoms with Gasteiger partial charge in [0.25, 0.3) is 5.91 Å². The largest absolute Gasteiger partial charge is 0.348 e. The lowest BCUT2D eigenvalue weighted by Gasteiger charge is -2.26. The third kappa shape index (κ3) is 3.60. The van der Waals surface area contributed by atoms with E-state index in [1.807, 2.05) is 37.3 Å². The van der Waals surface area contributed by atoms with E-state index < -0.39 is 11.9 Å². The zero-order chi connectivity index (χ0) is 20.5. The first-order valence-electron chi connectivity index (χ1n) is 9.72. The summed E-state index contributed by atoms with van der Waals surface area (Å²) in [6.07, 6.45) is 1.27. The van der Waals surface area contributed by atoms with Crippen LogP contribution in [0.3, 0.4) is 0 Å². The van der Waals surface area contributed by atoms with Crippen molar-refractivity contribution in [2.24, 2.45) is 0 Å². The topological polar surface area (TPSA) is 69.7 Å². The van der Waals surface area contributed by atoms with E-state index in [1.54, 1.807) is 0 Å². The zero-order valence-corrected chi connectivity index (χ0v) is 16.1. The van der Waals surface area contributed by atoms with Gasteiger partial charge in [0.2, 0.25) is 11.8 Å². The Balaban J connectivity index is 1.62. The van der Waals surface area contributed by atoms with Crippen LogP contribution in [-0.2, 0) is 9.59 Å². The monoisotopic (exact) mass is 395 g/mol. The molecule has 0 saturated carbocycles. The van der Waals surface area contributed by atoms with Gasteiger partial charge in [0, 0.05) is 6.54 Å². The van der Waals surface area contributed by atoms with E-state index in [0.29, 0.717) is 13.0 Å². The fourth-order valence-corrected chi connectivity index (χ4v) is 4.05. The number of nitrogens with one attached hydrogen (secondary N) is 1. The second-order valence-corrected chi connectivity index (χ2v) is 7.44. The van der Waals surface area contributed by atoms with Gasteiger partial charge >= 0.3 is 0 Å². The highest BCUT2D eigenvalue weighted by molar-refractivity contribution is 6.12. The quantitative estimate of drug-likeness (QED) is 0.865. The maximum Gasteiger partial charge on any atom is 0.256 e. The number of benzene rings is 2. The Labute approximate surface area is 168 Å². The molecule has 1 fully saturated rings. The summed E-state index contributed by atoms with van der Waals surface area (Å²) in [5, 5.41) is 2.88. The van der Waals surface area contributed by atoms with Crippen LogP contribution in [0.5, 0.6) is 0 Å². The van der Waals surface area contributed by atoms with Crippen molar-refractivity contribution in [2.45, 2.75) is 31.8 Å². The lowest BCUT2D eigenvalue weighted by Crippen LogP contribution is -2.48. The van der Waals surface area contributed by atoms with Gasteiger partial charge in [0.15, 0.2) is 0 Å². The third-order valence-electron chi connectivity index (χ3n) is 5.52. The van der Waals surface area contributed by atoms with Crippen LogP contribution in [-0.4, -0.2) is 41.8 Å². The van der Waals surface area contributed by atoms with Crippen molar-refractivity contribution >= 4 is 23.4 Å². The number of anilines is 1. The van der Waals surface area contributed by atoms with Crippen LogP contribution in [0.25, 0.3) is 0 Å². The molecule has 0 unspecified atom stereocenters. The number of carbonyl (C=O) groups excluding carboxylic acids is 3. The van der Waals surface area contributed by atoms with Gasteiger partial charge in [-0.2, -0.15) is 0 Å². The van der Waals surface area contributed by atoms with Crippen LogP contribution >= 0.6 is 0 Å². The van der Waals surface area contributed by atoms with Crippen molar-refractivity contribution in [1.82, 2.24) is 10.2 Å². The van der Waals surface area contributed by atoms with Gasteiger partial charge in [-0.05, 0) is 43.5 Å². The molecule has 0 aliphatic carbocycles. The van der Waals surface area contributed by atoms with E-state index in [1.165, 1.54) is 21.9 Å². The van der Waals surface area contributed by atoms with Gasteiger partial charge in [0.05, 0.1) is 17.3 Å². The number of amides is 3. The lowest BCUT2D eigenvalue weighted by atomic mass is 10.1. The number of hydrogen-bond acceptors (Lipinski definition) is 3. The van der Waals surface area contributed by atoms with E-state index in [4.69, 9.17) is 0 Å². The molecule has 6 nitrogen and oxygen atoms in total. The summed E-state index contributed by atoms with van der Waals surface area (Å²) >= 11 is 0. The summed E-state index contributed by atoms with van der Waals surface area (Å²) in [4.78, 5) is 41.6. The molecule has 0 aromatic heterocycles. The second kappa shape index (κ2) is 7.66. The molecule has 4 rings (SSSR count). The summed E-state index contributed by atoms with van der Waals surface area (Å²) < 4.78 is 14.0. The average molecular weight is 395 g/mol. The Morgan fingerprint density at radius 3 is 2.72 bits per heavy atom. The number of nitrogens with zero attached hydrogens (tertiary/aromatic N) is 2. The number of rotatable bonds is 4. The molecule has 2 atom stereocenters. The molecule has 0 bridgehead atoms. The van der Waals surface area contributed by atoms with Crippen LogP contribution in [0.4, 0.5) is 10.1 Å². The molecule has 2 aliphatic rings.